The number of hydrogen-bond acceptors (Lipinski definition) is 6. The Hall–Kier alpha value is -4.00. The number of anilines is 1. The van der Waals surface area contributed by atoms with Crippen LogP contribution in [0.15, 0.2) is 53.3 Å². The van der Waals surface area contributed by atoms with E-state index in [1.165, 1.54) is 18.1 Å². The number of rotatable bonds is 6. The molecule has 198 valence electrons. The van der Waals surface area contributed by atoms with Crippen molar-refractivity contribution in [1.82, 2.24) is 5.32 Å². The summed E-state index contributed by atoms with van der Waals surface area (Å²) in [6, 6.07) is 15.6. The lowest BCUT2D eigenvalue weighted by atomic mass is 9.87. The molecule has 2 aliphatic rings. The van der Waals surface area contributed by atoms with Crippen molar-refractivity contribution in [3.8, 4) is 28.4 Å². The molecule has 2 aliphatic carbocycles. The Morgan fingerprint density at radius 2 is 1.63 bits per heavy atom. The predicted molar refractivity (Wildman–Crippen MR) is 148 cm³/mol. The lowest BCUT2D eigenvalue weighted by molar-refractivity contribution is -0.119. The molecule has 0 fully saturated rings. The Balaban J connectivity index is 1.69. The number of ether oxygens (including phenoxy) is 3. The second-order valence-electron chi connectivity index (χ2n) is 9.88. The number of nitrogens with one attached hydrogen (secondary N) is 2. The van der Waals surface area contributed by atoms with Gasteiger partial charge >= 0.3 is 0 Å². The lowest BCUT2D eigenvalue weighted by Crippen LogP contribution is -2.26. The second kappa shape index (κ2) is 10.8. The van der Waals surface area contributed by atoms with E-state index in [-0.39, 0.29) is 23.4 Å². The van der Waals surface area contributed by atoms with Gasteiger partial charge in [-0.1, -0.05) is 30.3 Å². The Kier molecular flexibility index (Phi) is 7.27. The van der Waals surface area contributed by atoms with E-state index in [1.54, 1.807) is 27.4 Å². The van der Waals surface area contributed by atoms with Gasteiger partial charge in [0.1, 0.15) is 0 Å². The zero-order chi connectivity index (χ0) is 26.8. The third-order valence-corrected chi connectivity index (χ3v) is 7.62. The molecule has 0 heterocycles. The summed E-state index contributed by atoms with van der Waals surface area (Å²) in [7, 11) is 4.78. The van der Waals surface area contributed by atoms with Crippen LogP contribution in [0.1, 0.15) is 60.5 Å². The SMILES string of the molecule is COc1cc2c(c(OC)c1OC)-c1ccc(N[C@H]3CCCc4ccccc43)c(=O)cc1[C@@H](NC(C)=O)CC2. The fourth-order valence-corrected chi connectivity index (χ4v) is 5.92. The van der Waals surface area contributed by atoms with Gasteiger partial charge in [0.25, 0.3) is 0 Å². The maximum Gasteiger partial charge on any atom is 0.217 e. The van der Waals surface area contributed by atoms with Gasteiger partial charge in [0.2, 0.25) is 17.1 Å². The summed E-state index contributed by atoms with van der Waals surface area (Å²) >= 11 is 0. The highest BCUT2D eigenvalue weighted by Crippen LogP contribution is 2.50. The van der Waals surface area contributed by atoms with Crippen LogP contribution in [0.25, 0.3) is 11.1 Å². The van der Waals surface area contributed by atoms with E-state index in [9.17, 15) is 9.59 Å². The van der Waals surface area contributed by atoms with Crippen molar-refractivity contribution < 1.29 is 19.0 Å². The van der Waals surface area contributed by atoms with Crippen molar-refractivity contribution in [2.75, 3.05) is 26.6 Å². The standard InChI is InChI=1S/C31H34N2O5/c1-18(34)32-25-14-12-20-16-28(36-2)30(37-3)31(38-4)29(20)22-13-15-26(27(35)17-23(22)25)33-24-11-7-9-19-8-5-6-10-21(19)24/h5-6,8,10,13,15-17,24-25H,7,9,11-12,14H2,1-4H3,(H,32,34)(H,33,35)/t24-,25-/m0/s1. The van der Waals surface area contributed by atoms with Crippen LogP contribution >= 0.6 is 0 Å². The van der Waals surface area contributed by atoms with Crippen molar-refractivity contribution in [1.29, 1.82) is 0 Å². The molecule has 0 unspecified atom stereocenters. The van der Waals surface area contributed by atoms with Crippen molar-refractivity contribution in [2.24, 2.45) is 0 Å². The van der Waals surface area contributed by atoms with Gasteiger partial charge in [0.15, 0.2) is 11.5 Å². The van der Waals surface area contributed by atoms with E-state index in [2.05, 4.69) is 28.8 Å². The van der Waals surface area contributed by atoms with Crippen LogP contribution in [0, 0.1) is 0 Å². The van der Waals surface area contributed by atoms with Crippen molar-refractivity contribution in [3.05, 3.63) is 81.0 Å². The first kappa shape index (κ1) is 25.6. The summed E-state index contributed by atoms with van der Waals surface area (Å²) in [4.78, 5) is 25.8. The van der Waals surface area contributed by atoms with Gasteiger partial charge in [-0.2, -0.15) is 0 Å². The molecule has 0 saturated heterocycles. The highest BCUT2D eigenvalue weighted by atomic mass is 16.5. The fraction of sp³-hybridized carbons (Fsp3) is 0.355. The molecule has 0 aliphatic heterocycles. The normalized spacial score (nSPS) is 17.7. The maximum absolute atomic E-state index is 13.7. The molecule has 0 saturated carbocycles. The third kappa shape index (κ3) is 4.69. The van der Waals surface area contributed by atoms with Gasteiger partial charge in [-0.15, -0.1) is 0 Å². The van der Waals surface area contributed by atoms with Crippen LogP contribution in [0.3, 0.4) is 0 Å². The number of hydrogen-bond donors (Lipinski definition) is 2. The zero-order valence-electron chi connectivity index (χ0n) is 22.4. The minimum Gasteiger partial charge on any atom is -0.493 e. The van der Waals surface area contributed by atoms with E-state index in [1.807, 2.05) is 24.3 Å². The molecular weight excluding hydrogens is 480 g/mol. The average molecular weight is 515 g/mol. The highest BCUT2D eigenvalue weighted by molar-refractivity contribution is 5.83. The maximum atomic E-state index is 13.7. The zero-order valence-corrected chi connectivity index (χ0v) is 22.4. The summed E-state index contributed by atoms with van der Waals surface area (Å²) in [5, 5.41) is 6.60. The number of carbonyl (C=O) groups excluding carboxylic acids is 1. The second-order valence-corrected chi connectivity index (χ2v) is 9.88. The van der Waals surface area contributed by atoms with Gasteiger partial charge in [0, 0.05) is 12.5 Å². The van der Waals surface area contributed by atoms with Crippen LogP contribution in [0.4, 0.5) is 5.69 Å². The van der Waals surface area contributed by atoms with Crippen molar-refractivity contribution in [2.45, 2.75) is 51.1 Å². The Morgan fingerprint density at radius 1 is 0.842 bits per heavy atom. The Morgan fingerprint density at radius 3 is 2.37 bits per heavy atom. The minimum atomic E-state index is -0.333. The molecule has 3 aromatic carbocycles. The topological polar surface area (TPSA) is 85.9 Å². The molecule has 0 bridgehead atoms. The molecule has 5 rings (SSSR count). The minimum absolute atomic E-state index is 0.0622. The molecule has 7 heteroatoms. The van der Waals surface area contributed by atoms with Gasteiger partial charge in [-0.25, -0.2) is 0 Å². The number of methoxy groups -OCH3 is 3. The lowest BCUT2D eigenvalue weighted by Gasteiger charge is -2.26. The van der Waals surface area contributed by atoms with Gasteiger partial charge in [-0.05, 0) is 78.1 Å². The molecular formula is C31H34N2O5. The summed E-state index contributed by atoms with van der Waals surface area (Å²) in [6.07, 6.45) is 4.36. The Bertz CT molecular complexity index is 1430. The average Bonchev–Trinajstić information content (AvgIpc) is 3.16. The fourth-order valence-electron chi connectivity index (χ4n) is 5.92. The van der Waals surface area contributed by atoms with Gasteiger partial charge in [0.05, 0.1) is 39.1 Å². The van der Waals surface area contributed by atoms with Crippen molar-refractivity contribution >= 4 is 11.6 Å². The molecule has 38 heavy (non-hydrogen) atoms. The number of carbonyl (C=O) groups is 1. The first-order valence-corrected chi connectivity index (χ1v) is 13.1. The summed E-state index contributed by atoms with van der Waals surface area (Å²) in [5.41, 5.74) is 6.40. The first-order valence-electron chi connectivity index (χ1n) is 13.1. The summed E-state index contributed by atoms with van der Waals surface area (Å²) in [6.45, 7) is 1.50. The molecule has 2 atom stereocenters. The first-order chi connectivity index (χ1) is 18.4. The van der Waals surface area contributed by atoms with E-state index in [0.717, 1.165) is 41.5 Å². The molecule has 3 aromatic rings. The molecule has 0 radical (unpaired) electrons. The van der Waals surface area contributed by atoms with Crippen LogP contribution in [-0.2, 0) is 17.6 Å². The molecule has 0 aromatic heterocycles. The van der Waals surface area contributed by atoms with Crippen LogP contribution in [-0.4, -0.2) is 27.2 Å². The quantitative estimate of drug-likeness (QED) is 0.461. The molecule has 7 nitrogen and oxygen atoms in total. The van der Waals surface area contributed by atoms with E-state index < -0.39 is 0 Å². The van der Waals surface area contributed by atoms with E-state index >= 15 is 0 Å². The van der Waals surface area contributed by atoms with Gasteiger partial charge in [-0.3, -0.25) is 9.59 Å². The van der Waals surface area contributed by atoms with Gasteiger partial charge < -0.3 is 24.8 Å². The Labute approximate surface area is 223 Å². The third-order valence-electron chi connectivity index (χ3n) is 7.62. The van der Waals surface area contributed by atoms with Crippen LogP contribution in [0.5, 0.6) is 17.2 Å². The summed E-state index contributed by atoms with van der Waals surface area (Å²) in [5.74, 6) is 1.46. The monoisotopic (exact) mass is 514 g/mol. The largest absolute Gasteiger partial charge is 0.493 e. The van der Waals surface area contributed by atoms with Crippen LogP contribution < -0.4 is 30.3 Å². The smallest absolute Gasteiger partial charge is 0.217 e. The number of fused-ring (bicyclic) bond motifs is 4. The van der Waals surface area contributed by atoms with Crippen LogP contribution in [0.2, 0.25) is 0 Å². The van der Waals surface area contributed by atoms with Crippen molar-refractivity contribution in [3.63, 3.8) is 0 Å². The number of aryl methyl sites for hydroxylation is 2. The number of amides is 1. The molecule has 1 amide bonds. The highest BCUT2D eigenvalue weighted by Gasteiger charge is 2.30. The summed E-state index contributed by atoms with van der Waals surface area (Å²) < 4.78 is 17.2. The predicted octanol–water partition coefficient (Wildman–Crippen LogP) is 5.35. The molecule has 0 spiro atoms. The van der Waals surface area contributed by atoms with E-state index in [0.29, 0.717) is 35.8 Å². The van der Waals surface area contributed by atoms with E-state index in [4.69, 9.17) is 14.2 Å². The molecule has 2 N–H and O–H groups in total. The number of benzene rings is 2.